The molecule has 1 aliphatic rings. The summed E-state index contributed by atoms with van der Waals surface area (Å²) in [6.07, 6.45) is 9.04. The molecule has 4 rings (SSSR count). The highest BCUT2D eigenvalue weighted by Gasteiger charge is 2.29. The molecule has 1 aliphatic heterocycles. The van der Waals surface area contributed by atoms with Gasteiger partial charge in [-0.2, -0.15) is 5.10 Å². The first-order valence-electron chi connectivity index (χ1n) is 8.05. The number of hydrogen-bond donors (Lipinski definition) is 0. The van der Waals surface area contributed by atoms with Crippen molar-refractivity contribution in [3.8, 4) is 5.69 Å². The van der Waals surface area contributed by atoms with Crippen molar-refractivity contribution in [2.24, 2.45) is 0 Å². The lowest BCUT2D eigenvalue weighted by Gasteiger charge is -2.25. The molecule has 24 heavy (non-hydrogen) atoms. The Hall–Kier alpha value is -2.96. The fourth-order valence-electron chi connectivity index (χ4n) is 3.19. The second-order valence-corrected chi connectivity index (χ2v) is 5.94. The van der Waals surface area contributed by atoms with E-state index in [0.717, 1.165) is 31.6 Å². The molecule has 1 saturated heterocycles. The second-order valence-electron chi connectivity index (χ2n) is 5.94. The Balaban J connectivity index is 1.50. The van der Waals surface area contributed by atoms with Gasteiger partial charge in [0.15, 0.2) is 0 Å². The SMILES string of the molecule is O=C(c1ccc(-n2cnnc2)cc1)N1CCC[C@H]1Cn1cccn1. The predicted octanol–water partition coefficient (Wildman–Crippen LogP) is 1.77. The van der Waals surface area contributed by atoms with E-state index in [2.05, 4.69) is 15.3 Å². The lowest BCUT2D eigenvalue weighted by atomic mass is 10.1. The molecule has 2 aromatic heterocycles. The van der Waals surface area contributed by atoms with Crippen molar-refractivity contribution in [3.05, 3.63) is 60.9 Å². The van der Waals surface area contributed by atoms with Gasteiger partial charge in [0.1, 0.15) is 12.7 Å². The molecule has 1 fully saturated rings. The molecule has 3 aromatic rings. The Morgan fingerprint density at radius 3 is 2.67 bits per heavy atom. The first-order valence-corrected chi connectivity index (χ1v) is 8.05. The third kappa shape index (κ3) is 2.80. The van der Waals surface area contributed by atoms with Crippen LogP contribution >= 0.6 is 0 Å². The van der Waals surface area contributed by atoms with Crippen LogP contribution in [0.1, 0.15) is 23.2 Å². The fraction of sp³-hybridized carbons (Fsp3) is 0.294. The second kappa shape index (κ2) is 6.27. The number of hydrogen-bond acceptors (Lipinski definition) is 4. The Morgan fingerprint density at radius 1 is 1.17 bits per heavy atom. The van der Waals surface area contributed by atoms with Crippen LogP contribution in [0.2, 0.25) is 0 Å². The van der Waals surface area contributed by atoms with Crippen LogP contribution in [-0.4, -0.2) is 47.9 Å². The van der Waals surface area contributed by atoms with E-state index in [9.17, 15) is 4.79 Å². The predicted molar refractivity (Wildman–Crippen MR) is 87.6 cm³/mol. The number of rotatable bonds is 4. The molecule has 0 spiro atoms. The maximum Gasteiger partial charge on any atom is 0.254 e. The molecular formula is C17H18N6O. The first-order chi connectivity index (χ1) is 11.8. The van der Waals surface area contributed by atoms with Gasteiger partial charge in [-0.3, -0.25) is 14.0 Å². The van der Waals surface area contributed by atoms with Crippen molar-refractivity contribution in [1.29, 1.82) is 0 Å². The zero-order valence-electron chi connectivity index (χ0n) is 13.2. The van der Waals surface area contributed by atoms with Crippen molar-refractivity contribution in [3.63, 3.8) is 0 Å². The van der Waals surface area contributed by atoms with E-state index in [1.165, 1.54) is 0 Å². The van der Waals surface area contributed by atoms with Crippen LogP contribution in [-0.2, 0) is 6.54 Å². The molecule has 7 nitrogen and oxygen atoms in total. The van der Waals surface area contributed by atoms with Crippen LogP contribution in [0.15, 0.2) is 55.4 Å². The first kappa shape index (κ1) is 14.6. The molecule has 3 heterocycles. The Bertz CT molecular complexity index is 794. The Labute approximate surface area is 139 Å². The number of likely N-dealkylation sites (tertiary alicyclic amines) is 1. The summed E-state index contributed by atoms with van der Waals surface area (Å²) < 4.78 is 3.70. The van der Waals surface area contributed by atoms with Gasteiger partial charge in [0.25, 0.3) is 5.91 Å². The molecule has 0 unspecified atom stereocenters. The molecule has 1 atom stereocenters. The summed E-state index contributed by atoms with van der Waals surface area (Å²) >= 11 is 0. The summed E-state index contributed by atoms with van der Waals surface area (Å²) in [5.74, 6) is 0.0833. The summed E-state index contributed by atoms with van der Waals surface area (Å²) in [7, 11) is 0. The highest BCUT2D eigenvalue weighted by Crippen LogP contribution is 2.22. The number of aromatic nitrogens is 5. The van der Waals surface area contributed by atoms with Crippen LogP contribution in [0.3, 0.4) is 0 Å². The maximum atomic E-state index is 12.8. The fourth-order valence-corrected chi connectivity index (χ4v) is 3.19. The molecule has 0 saturated carbocycles. The van der Waals surface area contributed by atoms with Crippen LogP contribution in [0.4, 0.5) is 0 Å². The Kier molecular flexibility index (Phi) is 3.82. The normalized spacial score (nSPS) is 17.3. The summed E-state index contributed by atoms with van der Waals surface area (Å²) in [6.45, 7) is 1.55. The zero-order chi connectivity index (χ0) is 16.4. The van der Waals surface area contributed by atoms with Crippen molar-refractivity contribution >= 4 is 5.91 Å². The number of amides is 1. The van der Waals surface area contributed by atoms with Crippen molar-refractivity contribution in [1.82, 2.24) is 29.4 Å². The largest absolute Gasteiger partial charge is 0.334 e. The van der Waals surface area contributed by atoms with E-state index in [0.29, 0.717) is 5.56 Å². The molecule has 1 amide bonds. The van der Waals surface area contributed by atoms with Gasteiger partial charge in [-0.05, 0) is 43.2 Å². The molecule has 0 bridgehead atoms. The van der Waals surface area contributed by atoms with E-state index in [1.807, 2.05) is 50.7 Å². The summed E-state index contributed by atoms with van der Waals surface area (Å²) in [5.41, 5.74) is 1.64. The smallest absolute Gasteiger partial charge is 0.254 e. The van der Waals surface area contributed by atoms with Crippen molar-refractivity contribution in [2.45, 2.75) is 25.4 Å². The standard InChI is InChI=1S/C17H18N6O/c24-17(14-4-6-15(7-5-14)21-12-18-19-13-21)23-10-1-3-16(23)11-22-9-2-8-20-22/h2,4-9,12-13,16H,1,3,10-11H2/t16-/m0/s1. The summed E-state index contributed by atoms with van der Waals surface area (Å²) in [4.78, 5) is 14.8. The molecule has 0 aliphatic carbocycles. The van der Waals surface area contributed by atoms with Crippen LogP contribution in [0.5, 0.6) is 0 Å². The third-order valence-corrected chi connectivity index (χ3v) is 4.43. The number of benzene rings is 1. The van der Waals surface area contributed by atoms with E-state index in [4.69, 9.17) is 0 Å². The molecule has 7 heteroatoms. The zero-order valence-corrected chi connectivity index (χ0v) is 13.2. The number of carbonyl (C=O) groups is 1. The van der Waals surface area contributed by atoms with Gasteiger partial charge in [-0.25, -0.2) is 0 Å². The van der Waals surface area contributed by atoms with Gasteiger partial charge in [0.05, 0.1) is 12.6 Å². The summed E-state index contributed by atoms with van der Waals surface area (Å²) in [5, 5.41) is 11.8. The highest BCUT2D eigenvalue weighted by atomic mass is 16.2. The van der Waals surface area contributed by atoms with Gasteiger partial charge in [-0.15, -0.1) is 10.2 Å². The Morgan fingerprint density at radius 2 is 1.96 bits per heavy atom. The number of nitrogens with zero attached hydrogens (tertiary/aromatic N) is 6. The van der Waals surface area contributed by atoms with Gasteiger partial charge in [0.2, 0.25) is 0 Å². The van der Waals surface area contributed by atoms with E-state index in [1.54, 1.807) is 18.9 Å². The average molecular weight is 322 g/mol. The average Bonchev–Trinajstić information content (AvgIpc) is 3.37. The van der Waals surface area contributed by atoms with Crippen molar-refractivity contribution in [2.75, 3.05) is 6.54 Å². The van der Waals surface area contributed by atoms with E-state index >= 15 is 0 Å². The van der Waals surface area contributed by atoms with Gasteiger partial charge in [0, 0.05) is 30.2 Å². The third-order valence-electron chi connectivity index (χ3n) is 4.43. The topological polar surface area (TPSA) is 68.8 Å². The lowest BCUT2D eigenvalue weighted by Crippen LogP contribution is -2.38. The van der Waals surface area contributed by atoms with Crippen molar-refractivity contribution < 1.29 is 4.79 Å². The minimum Gasteiger partial charge on any atom is -0.334 e. The molecule has 0 radical (unpaired) electrons. The quantitative estimate of drug-likeness (QED) is 0.734. The van der Waals surface area contributed by atoms with E-state index < -0.39 is 0 Å². The highest BCUT2D eigenvalue weighted by molar-refractivity contribution is 5.94. The molecule has 1 aromatic carbocycles. The monoisotopic (exact) mass is 322 g/mol. The minimum absolute atomic E-state index is 0.0833. The van der Waals surface area contributed by atoms with E-state index in [-0.39, 0.29) is 11.9 Å². The molecular weight excluding hydrogens is 304 g/mol. The lowest BCUT2D eigenvalue weighted by molar-refractivity contribution is 0.0721. The molecule has 0 N–H and O–H groups in total. The minimum atomic E-state index is 0.0833. The number of carbonyl (C=O) groups excluding carboxylic acids is 1. The molecule has 122 valence electrons. The van der Waals surface area contributed by atoms with Crippen LogP contribution < -0.4 is 0 Å². The summed E-state index contributed by atoms with van der Waals surface area (Å²) in [6, 6.07) is 9.66. The van der Waals surface area contributed by atoms with Gasteiger partial charge >= 0.3 is 0 Å². The maximum absolute atomic E-state index is 12.8. The van der Waals surface area contributed by atoms with Crippen LogP contribution in [0, 0.1) is 0 Å². The van der Waals surface area contributed by atoms with Gasteiger partial charge < -0.3 is 4.90 Å². The van der Waals surface area contributed by atoms with Crippen LogP contribution in [0.25, 0.3) is 5.69 Å². The van der Waals surface area contributed by atoms with Gasteiger partial charge in [-0.1, -0.05) is 0 Å².